The molecule has 0 aliphatic rings. The molecule has 1 unspecified atom stereocenters. The Balaban J connectivity index is 2.38. The van der Waals surface area contributed by atoms with Crippen LogP contribution in [0.15, 0.2) is 18.5 Å². The van der Waals surface area contributed by atoms with Gasteiger partial charge in [-0.1, -0.05) is 6.92 Å². The van der Waals surface area contributed by atoms with Crippen molar-refractivity contribution < 1.29 is 0 Å². The van der Waals surface area contributed by atoms with Crippen molar-refractivity contribution in [3.05, 3.63) is 35.4 Å². The summed E-state index contributed by atoms with van der Waals surface area (Å²) in [4.78, 5) is 0. The van der Waals surface area contributed by atoms with Crippen molar-refractivity contribution in [2.45, 2.75) is 19.9 Å². The number of aryl methyl sites for hydroxylation is 2. The van der Waals surface area contributed by atoms with E-state index in [1.165, 1.54) is 11.3 Å². The van der Waals surface area contributed by atoms with Gasteiger partial charge in [0.25, 0.3) is 0 Å². The summed E-state index contributed by atoms with van der Waals surface area (Å²) in [6.45, 7) is 5.08. The van der Waals surface area contributed by atoms with Gasteiger partial charge in [0.2, 0.25) is 0 Å². The van der Waals surface area contributed by atoms with E-state index in [9.17, 15) is 0 Å². The minimum absolute atomic E-state index is 0.120. The lowest BCUT2D eigenvalue weighted by molar-refractivity contribution is 0.595. The van der Waals surface area contributed by atoms with E-state index in [4.69, 9.17) is 0 Å². The maximum absolute atomic E-state index is 4.47. The molecular weight excluding hydrogens is 214 g/mol. The highest BCUT2D eigenvalue weighted by molar-refractivity contribution is 5.28. The zero-order valence-corrected chi connectivity index (χ0v) is 10.8. The average Bonchev–Trinajstić information content (AvgIpc) is 2.85. The van der Waals surface area contributed by atoms with Gasteiger partial charge in [-0.05, 0) is 19.5 Å². The second-order valence-corrected chi connectivity index (χ2v) is 4.21. The molecule has 92 valence electrons. The lowest BCUT2D eigenvalue weighted by Gasteiger charge is -2.15. The van der Waals surface area contributed by atoms with Crippen LogP contribution in [0.3, 0.4) is 0 Å². The Labute approximate surface area is 101 Å². The zero-order chi connectivity index (χ0) is 12.4. The Hall–Kier alpha value is -1.62. The molecule has 0 radical (unpaired) electrons. The van der Waals surface area contributed by atoms with Crippen molar-refractivity contribution in [3.63, 3.8) is 0 Å². The third-order valence-electron chi connectivity index (χ3n) is 3.02. The van der Waals surface area contributed by atoms with E-state index in [0.717, 1.165) is 12.2 Å². The van der Waals surface area contributed by atoms with Gasteiger partial charge in [0.1, 0.15) is 0 Å². The van der Waals surface area contributed by atoms with Crippen LogP contribution in [0.4, 0.5) is 0 Å². The molecule has 5 nitrogen and oxygen atoms in total. The standard InChI is InChI=1S/C12H19N5/c1-5-13-12(11-6-7-16(3)15-11)10-8-14-17(4)9(10)2/h6-8,12-13H,5H2,1-4H3. The van der Waals surface area contributed by atoms with Crippen LogP contribution < -0.4 is 5.32 Å². The highest BCUT2D eigenvalue weighted by Gasteiger charge is 2.19. The molecule has 0 bridgehead atoms. The normalized spacial score (nSPS) is 12.9. The summed E-state index contributed by atoms with van der Waals surface area (Å²) in [6, 6.07) is 2.16. The molecule has 2 aromatic heterocycles. The van der Waals surface area contributed by atoms with E-state index in [1.54, 1.807) is 0 Å². The third-order valence-corrected chi connectivity index (χ3v) is 3.02. The topological polar surface area (TPSA) is 47.7 Å². The van der Waals surface area contributed by atoms with E-state index in [0.29, 0.717) is 0 Å². The third kappa shape index (κ3) is 2.24. The predicted molar refractivity (Wildman–Crippen MR) is 66.7 cm³/mol. The maximum atomic E-state index is 4.47. The highest BCUT2D eigenvalue weighted by atomic mass is 15.3. The minimum atomic E-state index is 0.120. The van der Waals surface area contributed by atoms with Gasteiger partial charge >= 0.3 is 0 Å². The zero-order valence-electron chi connectivity index (χ0n) is 10.8. The monoisotopic (exact) mass is 233 g/mol. The molecule has 0 spiro atoms. The van der Waals surface area contributed by atoms with Crippen LogP contribution in [0, 0.1) is 6.92 Å². The van der Waals surface area contributed by atoms with Gasteiger partial charge in [-0.3, -0.25) is 9.36 Å². The first-order chi connectivity index (χ1) is 8.13. The van der Waals surface area contributed by atoms with E-state index < -0.39 is 0 Å². The first kappa shape index (κ1) is 11.9. The minimum Gasteiger partial charge on any atom is -0.305 e. The van der Waals surface area contributed by atoms with Crippen LogP contribution in [0.2, 0.25) is 0 Å². The summed E-state index contributed by atoms with van der Waals surface area (Å²) in [5, 5.41) is 12.2. The molecule has 17 heavy (non-hydrogen) atoms. The van der Waals surface area contributed by atoms with Gasteiger partial charge in [-0.25, -0.2) is 0 Å². The number of rotatable bonds is 4. The van der Waals surface area contributed by atoms with E-state index in [-0.39, 0.29) is 6.04 Å². The molecule has 1 N–H and O–H groups in total. The van der Waals surface area contributed by atoms with Crippen LogP contribution in [0.1, 0.15) is 29.9 Å². The number of hydrogen-bond donors (Lipinski definition) is 1. The first-order valence-electron chi connectivity index (χ1n) is 5.85. The SMILES string of the molecule is CCNC(c1ccn(C)n1)c1cnn(C)c1C. The van der Waals surface area contributed by atoms with Crippen molar-refractivity contribution in [3.8, 4) is 0 Å². The molecule has 2 rings (SSSR count). The van der Waals surface area contributed by atoms with Gasteiger partial charge in [-0.15, -0.1) is 0 Å². The summed E-state index contributed by atoms with van der Waals surface area (Å²) in [7, 11) is 3.89. The van der Waals surface area contributed by atoms with Crippen molar-refractivity contribution in [1.82, 2.24) is 24.9 Å². The van der Waals surface area contributed by atoms with Crippen molar-refractivity contribution in [1.29, 1.82) is 0 Å². The molecule has 0 saturated heterocycles. The number of hydrogen-bond acceptors (Lipinski definition) is 3. The summed E-state index contributed by atoms with van der Waals surface area (Å²) in [5.74, 6) is 0. The van der Waals surface area contributed by atoms with Crippen molar-refractivity contribution in [2.24, 2.45) is 14.1 Å². The lowest BCUT2D eigenvalue weighted by Crippen LogP contribution is -2.23. The summed E-state index contributed by atoms with van der Waals surface area (Å²) in [5.41, 5.74) is 3.39. The quantitative estimate of drug-likeness (QED) is 0.862. The second kappa shape index (κ2) is 4.71. The summed E-state index contributed by atoms with van der Waals surface area (Å²) in [6.07, 6.45) is 3.88. The summed E-state index contributed by atoms with van der Waals surface area (Å²) >= 11 is 0. The Morgan fingerprint density at radius 3 is 2.65 bits per heavy atom. The molecular formula is C12H19N5. The average molecular weight is 233 g/mol. The summed E-state index contributed by atoms with van der Waals surface area (Å²) < 4.78 is 3.72. The van der Waals surface area contributed by atoms with Gasteiger partial charge in [0.15, 0.2) is 0 Å². The predicted octanol–water partition coefficient (Wildman–Crippen LogP) is 1.16. The van der Waals surface area contributed by atoms with E-state index in [1.807, 2.05) is 41.9 Å². The molecule has 0 amide bonds. The van der Waals surface area contributed by atoms with Crippen LogP contribution >= 0.6 is 0 Å². The molecule has 0 aromatic carbocycles. The fourth-order valence-corrected chi connectivity index (χ4v) is 1.96. The fourth-order valence-electron chi connectivity index (χ4n) is 1.96. The lowest BCUT2D eigenvalue weighted by atomic mass is 10.1. The van der Waals surface area contributed by atoms with Crippen LogP contribution in [-0.4, -0.2) is 26.1 Å². The Kier molecular flexibility index (Phi) is 3.28. The van der Waals surface area contributed by atoms with Crippen LogP contribution in [0.25, 0.3) is 0 Å². The smallest absolute Gasteiger partial charge is 0.0840 e. The molecule has 2 heterocycles. The maximum Gasteiger partial charge on any atom is 0.0840 e. The molecule has 0 aliphatic carbocycles. The number of nitrogens with zero attached hydrogens (tertiary/aromatic N) is 4. The molecule has 1 atom stereocenters. The number of aromatic nitrogens is 4. The van der Waals surface area contributed by atoms with Gasteiger partial charge in [0, 0.05) is 31.5 Å². The number of nitrogens with one attached hydrogen (secondary N) is 1. The Morgan fingerprint density at radius 2 is 2.18 bits per heavy atom. The molecule has 2 aromatic rings. The molecule has 0 fully saturated rings. The Bertz CT molecular complexity index is 497. The second-order valence-electron chi connectivity index (χ2n) is 4.21. The van der Waals surface area contributed by atoms with Crippen LogP contribution in [0.5, 0.6) is 0 Å². The first-order valence-corrected chi connectivity index (χ1v) is 5.85. The van der Waals surface area contributed by atoms with Crippen molar-refractivity contribution in [2.75, 3.05) is 6.54 Å². The largest absolute Gasteiger partial charge is 0.305 e. The van der Waals surface area contributed by atoms with E-state index in [2.05, 4.69) is 29.4 Å². The van der Waals surface area contributed by atoms with Crippen molar-refractivity contribution >= 4 is 0 Å². The molecule has 0 aliphatic heterocycles. The van der Waals surface area contributed by atoms with E-state index >= 15 is 0 Å². The van der Waals surface area contributed by atoms with Gasteiger partial charge < -0.3 is 5.32 Å². The molecule has 0 saturated carbocycles. The highest BCUT2D eigenvalue weighted by Crippen LogP contribution is 2.22. The Morgan fingerprint density at radius 1 is 1.41 bits per heavy atom. The van der Waals surface area contributed by atoms with Gasteiger partial charge in [-0.2, -0.15) is 10.2 Å². The van der Waals surface area contributed by atoms with Crippen LogP contribution in [-0.2, 0) is 14.1 Å². The molecule has 5 heteroatoms. The fraction of sp³-hybridized carbons (Fsp3) is 0.500. The van der Waals surface area contributed by atoms with Gasteiger partial charge in [0.05, 0.1) is 17.9 Å².